The zero-order chi connectivity index (χ0) is 23.1. The van der Waals surface area contributed by atoms with Crippen LogP contribution in [0.2, 0.25) is 5.02 Å². The molecule has 0 aliphatic rings. The van der Waals surface area contributed by atoms with E-state index in [1.165, 1.54) is 0 Å². The van der Waals surface area contributed by atoms with E-state index in [0.717, 1.165) is 16.9 Å². The lowest BCUT2D eigenvalue weighted by atomic mass is 10.1. The summed E-state index contributed by atoms with van der Waals surface area (Å²) in [6.45, 7) is 3.71. The van der Waals surface area contributed by atoms with Crippen molar-refractivity contribution in [3.05, 3.63) is 87.3 Å². The fourth-order valence-corrected chi connectivity index (χ4v) is 4.30. The van der Waals surface area contributed by atoms with Gasteiger partial charge in [0.2, 0.25) is 0 Å². The van der Waals surface area contributed by atoms with Crippen LogP contribution in [0.4, 0.5) is 5.00 Å². The van der Waals surface area contributed by atoms with Crippen molar-refractivity contribution in [2.75, 3.05) is 11.9 Å². The van der Waals surface area contributed by atoms with Crippen molar-refractivity contribution in [2.45, 2.75) is 26.3 Å². The maximum atomic E-state index is 13.0. The van der Waals surface area contributed by atoms with Crippen LogP contribution in [-0.2, 0) is 16.0 Å². The Kier molecular flexibility index (Phi) is 8.03. The van der Waals surface area contributed by atoms with E-state index < -0.39 is 17.9 Å². The highest BCUT2D eigenvalue weighted by Gasteiger charge is 2.25. The number of halogens is 1. The Hall–Kier alpha value is -3.16. The van der Waals surface area contributed by atoms with Crippen molar-refractivity contribution in [3.8, 4) is 0 Å². The highest BCUT2D eigenvalue weighted by molar-refractivity contribution is 7.18. The molecule has 1 aromatic heterocycles. The summed E-state index contributed by atoms with van der Waals surface area (Å²) in [5.74, 6) is -1.26. The molecule has 2 N–H and O–H groups in total. The summed E-state index contributed by atoms with van der Waals surface area (Å²) in [5, 5.41) is 6.40. The zero-order valence-electron chi connectivity index (χ0n) is 17.7. The predicted molar refractivity (Wildman–Crippen MR) is 126 cm³/mol. The number of ether oxygens (including phenoxy) is 1. The lowest BCUT2D eigenvalue weighted by Gasteiger charge is -2.17. The molecule has 0 bridgehead atoms. The predicted octanol–water partition coefficient (Wildman–Crippen LogP) is 4.87. The monoisotopic (exact) mass is 470 g/mol. The normalized spacial score (nSPS) is 11.5. The van der Waals surface area contributed by atoms with Gasteiger partial charge in [-0.3, -0.25) is 9.59 Å². The van der Waals surface area contributed by atoms with Crippen LogP contribution < -0.4 is 10.6 Å². The number of benzene rings is 2. The first-order valence-corrected chi connectivity index (χ1v) is 11.3. The molecule has 3 aromatic rings. The van der Waals surface area contributed by atoms with Crippen molar-refractivity contribution in [3.63, 3.8) is 0 Å². The molecule has 1 unspecified atom stereocenters. The molecule has 0 saturated carbocycles. The molecule has 166 valence electrons. The summed E-state index contributed by atoms with van der Waals surface area (Å²) in [5.41, 5.74) is 1.93. The van der Waals surface area contributed by atoms with Crippen molar-refractivity contribution >= 4 is 45.7 Å². The van der Waals surface area contributed by atoms with Crippen LogP contribution in [0.1, 0.15) is 38.1 Å². The number of rotatable bonds is 8. The summed E-state index contributed by atoms with van der Waals surface area (Å²) >= 11 is 7.22. The second-order valence-electron chi connectivity index (χ2n) is 7.02. The number of aryl methyl sites for hydroxylation is 1. The number of esters is 1. The molecular formula is C24H23ClN2O4S. The second-order valence-corrected chi connectivity index (χ2v) is 8.48. The number of carbonyl (C=O) groups is 3. The average Bonchev–Trinajstić information content (AvgIpc) is 3.14. The molecule has 0 aliphatic heterocycles. The minimum Gasteiger partial charge on any atom is -0.464 e. The highest BCUT2D eigenvalue weighted by Crippen LogP contribution is 2.28. The van der Waals surface area contributed by atoms with Gasteiger partial charge in [0.15, 0.2) is 0 Å². The third kappa shape index (κ3) is 5.96. The zero-order valence-corrected chi connectivity index (χ0v) is 19.3. The standard InChI is InChI=1S/C24H23ClN2O4S/c1-3-31-24(30)19(14-16-9-5-4-6-10-16)26-23(29)21-15(2)13-20(32-21)27-22(28)17-11-7-8-12-18(17)25/h4-13,19H,3,14H2,1-2H3,(H,26,29)(H,27,28). The Balaban J connectivity index is 1.74. The minimum absolute atomic E-state index is 0.219. The quantitative estimate of drug-likeness (QED) is 0.460. The maximum absolute atomic E-state index is 13.0. The lowest BCUT2D eigenvalue weighted by molar-refractivity contribution is -0.145. The van der Waals surface area contributed by atoms with Crippen molar-refractivity contribution in [2.24, 2.45) is 0 Å². The van der Waals surface area contributed by atoms with E-state index in [0.29, 0.717) is 32.4 Å². The molecule has 0 spiro atoms. The third-order valence-corrected chi connectivity index (χ3v) is 6.12. The number of hydrogen-bond acceptors (Lipinski definition) is 5. The molecule has 1 heterocycles. The Morgan fingerprint density at radius 1 is 1.03 bits per heavy atom. The first-order chi connectivity index (χ1) is 15.4. The molecule has 0 fully saturated rings. The van der Waals surface area contributed by atoms with Crippen LogP contribution in [0.25, 0.3) is 0 Å². The topological polar surface area (TPSA) is 84.5 Å². The molecule has 6 nitrogen and oxygen atoms in total. The van der Waals surface area contributed by atoms with E-state index in [4.69, 9.17) is 16.3 Å². The third-order valence-electron chi connectivity index (χ3n) is 4.64. The van der Waals surface area contributed by atoms with Crippen LogP contribution in [-0.4, -0.2) is 30.4 Å². The van der Waals surface area contributed by atoms with Gasteiger partial charge < -0.3 is 15.4 Å². The SMILES string of the molecule is CCOC(=O)C(Cc1ccccc1)NC(=O)c1sc(NC(=O)c2ccccc2Cl)cc1C. The van der Waals surface area contributed by atoms with Crippen LogP contribution in [0.15, 0.2) is 60.7 Å². The number of carbonyl (C=O) groups excluding carboxylic acids is 3. The molecule has 0 radical (unpaired) electrons. The van der Waals surface area contributed by atoms with Gasteiger partial charge in [-0.05, 0) is 43.2 Å². The Bertz CT molecular complexity index is 1110. The molecule has 1 atom stereocenters. The molecule has 2 aromatic carbocycles. The Morgan fingerprint density at radius 2 is 1.72 bits per heavy atom. The number of nitrogens with one attached hydrogen (secondary N) is 2. The fraction of sp³-hybridized carbons (Fsp3) is 0.208. The largest absolute Gasteiger partial charge is 0.464 e. The smallest absolute Gasteiger partial charge is 0.328 e. The molecule has 0 aliphatic carbocycles. The van der Waals surface area contributed by atoms with Gasteiger partial charge in [0.1, 0.15) is 6.04 Å². The molecule has 3 rings (SSSR count). The molecular weight excluding hydrogens is 448 g/mol. The van der Waals surface area contributed by atoms with Gasteiger partial charge in [0, 0.05) is 6.42 Å². The minimum atomic E-state index is -0.826. The summed E-state index contributed by atoms with van der Waals surface area (Å²) in [7, 11) is 0. The second kappa shape index (κ2) is 10.9. The van der Waals surface area contributed by atoms with Crippen LogP contribution in [0.5, 0.6) is 0 Å². The van der Waals surface area contributed by atoms with Crippen molar-refractivity contribution in [1.82, 2.24) is 5.32 Å². The number of anilines is 1. The molecule has 32 heavy (non-hydrogen) atoms. The Labute approximate surface area is 195 Å². The van der Waals surface area contributed by atoms with E-state index in [-0.39, 0.29) is 12.5 Å². The van der Waals surface area contributed by atoms with E-state index in [2.05, 4.69) is 10.6 Å². The van der Waals surface area contributed by atoms with E-state index >= 15 is 0 Å². The number of thiophene rings is 1. The van der Waals surface area contributed by atoms with Gasteiger partial charge in [-0.25, -0.2) is 4.79 Å². The molecule has 8 heteroatoms. The van der Waals surface area contributed by atoms with Crippen LogP contribution >= 0.6 is 22.9 Å². The first kappa shape index (κ1) is 23.5. The van der Waals surface area contributed by atoms with Gasteiger partial charge in [-0.2, -0.15) is 0 Å². The van der Waals surface area contributed by atoms with Crippen LogP contribution in [0, 0.1) is 6.92 Å². The van der Waals surface area contributed by atoms with E-state index in [1.54, 1.807) is 44.2 Å². The van der Waals surface area contributed by atoms with Gasteiger partial charge in [-0.15, -0.1) is 11.3 Å². The van der Waals surface area contributed by atoms with E-state index in [9.17, 15) is 14.4 Å². The number of amides is 2. The summed E-state index contributed by atoms with van der Waals surface area (Å²) in [6, 6.07) is 17.0. The van der Waals surface area contributed by atoms with Gasteiger partial charge in [-0.1, -0.05) is 54.1 Å². The first-order valence-electron chi connectivity index (χ1n) is 10.1. The highest BCUT2D eigenvalue weighted by atomic mass is 35.5. The van der Waals surface area contributed by atoms with Gasteiger partial charge in [0.05, 0.1) is 27.1 Å². The average molecular weight is 471 g/mol. The van der Waals surface area contributed by atoms with E-state index in [1.807, 2.05) is 30.3 Å². The summed E-state index contributed by atoms with van der Waals surface area (Å²) < 4.78 is 5.14. The lowest BCUT2D eigenvalue weighted by Crippen LogP contribution is -2.43. The van der Waals surface area contributed by atoms with Gasteiger partial charge in [0.25, 0.3) is 11.8 Å². The summed E-state index contributed by atoms with van der Waals surface area (Å²) in [6.07, 6.45) is 0.311. The van der Waals surface area contributed by atoms with Crippen molar-refractivity contribution < 1.29 is 19.1 Å². The van der Waals surface area contributed by atoms with Crippen LogP contribution in [0.3, 0.4) is 0 Å². The number of hydrogen-bond donors (Lipinski definition) is 2. The molecule has 2 amide bonds. The fourth-order valence-electron chi connectivity index (χ4n) is 3.10. The Morgan fingerprint density at radius 3 is 2.41 bits per heavy atom. The van der Waals surface area contributed by atoms with Crippen molar-refractivity contribution in [1.29, 1.82) is 0 Å². The van der Waals surface area contributed by atoms with Gasteiger partial charge >= 0.3 is 5.97 Å². The maximum Gasteiger partial charge on any atom is 0.328 e. The summed E-state index contributed by atoms with van der Waals surface area (Å²) in [4.78, 5) is 38.3. The molecule has 0 saturated heterocycles.